The molecule has 0 fully saturated rings. The quantitative estimate of drug-likeness (QED) is 0.656. The third kappa shape index (κ3) is 5.64. The number of carbonyl (C=O) groups is 1. The number of rotatable bonds is 9. The van der Waals surface area contributed by atoms with Crippen molar-refractivity contribution >= 4 is 5.97 Å². The molecule has 0 aromatic heterocycles. The predicted molar refractivity (Wildman–Crippen MR) is 51.1 cm³/mol. The molecular formula is C10H17F3O2. The minimum absolute atomic E-state index is 0.0358. The van der Waals surface area contributed by atoms with E-state index in [9.17, 15) is 18.0 Å². The van der Waals surface area contributed by atoms with E-state index in [0.29, 0.717) is 0 Å². The van der Waals surface area contributed by atoms with Crippen LogP contribution in [0.3, 0.4) is 0 Å². The molecule has 5 heteroatoms. The highest BCUT2D eigenvalue weighted by molar-refractivity contribution is 5.66. The number of hydrogen-bond acceptors (Lipinski definition) is 1. The monoisotopic (exact) mass is 226 g/mol. The predicted octanol–water partition coefficient (Wildman–Crippen LogP) is 2.92. The molecule has 0 aromatic carbocycles. The van der Waals surface area contributed by atoms with E-state index >= 15 is 0 Å². The number of alkyl halides is 3. The summed E-state index contributed by atoms with van der Waals surface area (Å²) in [5.74, 6) is -1.02. The van der Waals surface area contributed by atoms with Crippen LogP contribution < -0.4 is 0 Å². The molecule has 90 valence electrons. The molecule has 0 unspecified atom stereocenters. The van der Waals surface area contributed by atoms with Crippen molar-refractivity contribution in [3.05, 3.63) is 0 Å². The highest BCUT2D eigenvalue weighted by Gasteiger charge is 2.29. The van der Waals surface area contributed by atoms with Crippen molar-refractivity contribution in [3.63, 3.8) is 0 Å². The third-order valence-corrected chi connectivity index (χ3v) is 2.74. The van der Waals surface area contributed by atoms with Gasteiger partial charge < -0.3 is 5.11 Å². The summed E-state index contributed by atoms with van der Waals surface area (Å²) in [6.07, 6.45) is 0.0798. The van der Waals surface area contributed by atoms with Crippen LogP contribution in [0.25, 0.3) is 0 Å². The zero-order valence-corrected chi connectivity index (χ0v) is 8.65. The molecule has 0 aliphatic carbocycles. The lowest BCUT2D eigenvalue weighted by Crippen LogP contribution is -2.24. The first-order chi connectivity index (χ1) is 7.10. The van der Waals surface area contributed by atoms with Gasteiger partial charge in [-0.1, -0.05) is 0 Å². The first-order valence-corrected chi connectivity index (χ1v) is 5.00. The van der Waals surface area contributed by atoms with Crippen LogP contribution in [0.5, 0.6) is 0 Å². The summed E-state index contributed by atoms with van der Waals surface area (Å²) in [6.45, 7) is -2.00. The van der Waals surface area contributed by atoms with Gasteiger partial charge in [0.15, 0.2) is 0 Å². The van der Waals surface area contributed by atoms with Gasteiger partial charge in [0, 0.05) is 6.42 Å². The molecule has 0 rings (SSSR count). The molecule has 1 N–H and O–H groups in total. The number of halogens is 3. The summed E-state index contributed by atoms with van der Waals surface area (Å²) in [5.41, 5.74) is -0.823. The van der Waals surface area contributed by atoms with E-state index in [4.69, 9.17) is 5.11 Å². The van der Waals surface area contributed by atoms with Gasteiger partial charge in [-0.15, -0.1) is 0 Å². The van der Waals surface area contributed by atoms with E-state index < -0.39 is 31.4 Å². The molecule has 0 heterocycles. The Bertz CT molecular complexity index is 168. The fraction of sp³-hybridized carbons (Fsp3) is 0.900. The molecule has 0 atom stereocenters. The Labute approximate surface area is 87.5 Å². The number of aliphatic carboxylic acids is 1. The van der Waals surface area contributed by atoms with E-state index in [1.807, 2.05) is 0 Å². The molecule has 2 nitrogen and oxygen atoms in total. The van der Waals surface area contributed by atoms with Gasteiger partial charge in [0.05, 0.1) is 20.0 Å². The average Bonchev–Trinajstić information content (AvgIpc) is 2.16. The molecule has 15 heavy (non-hydrogen) atoms. The van der Waals surface area contributed by atoms with E-state index in [2.05, 4.69) is 0 Å². The Morgan fingerprint density at radius 2 is 1.33 bits per heavy atom. The minimum Gasteiger partial charge on any atom is -0.481 e. The molecule has 0 spiro atoms. The SMILES string of the molecule is O=C(O)CCC(CCF)(CCF)CCF. The molecule has 0 saturated heterocycles. The smallest absolute Gasteiger partial charge is 0.303 e. The average molecular weight is 226 g/mol. The number of carboxylic acid groups (broad SMARTS) is 1. The van der Waals surface area contributed by atoms with Crippen molar-refractivity contribution in [1.82, 2.24) is 0 Å². The van der Waals surface area contributed by atoms with Gasteiger partial charge in [-0.25, -0.2) is 0 Å². The van der Waals surface area contributed by atoms with E-state index in [0.717, 1.165) is 0 Å². The highest BCUT2D eigenvalue weighted by Crippen LogP contribution is 2.36. The summed E-state index contributed by atoms with van der Waals surface area (Å²) in [4.78, 5) is 10.4. The van der Waals surface area contributed by atoms with E-state index in [1.54, 1.807) is 0 Å². The van der Waals surface area contributed by atoms with Crippen LogP contribution in [0, 0.1) is 5.41 Å². The summed E-state index contributed by atoms with van der Waals surface area (Å²) in [6, 6.07) is 0. The van der Waals surface area contributed by atoms with Crippen molar-refractivity contribution in [2.24, 2.45) is 5.41 Å². The number of hydrogen-bond donors (Lipinski definition) is 1. The Morgan fingerprint density at radius 3 is 1.60 bits per heavy atom. The molecule has 0 radical (unpaired) electrons. The maximum Gasteiger partial charge on any atom is 0.303 e. The highest BCUT2D eigenvalue weighted by atomic mass is 19.1. The standard InChI is InChI=1S/C10H17F3O2/c11-6-3-10(4-7-12,5-8-13)2-1-9(14)15/h1-8H2,(H,14,15). The van der Waals surface area contributed by atoms with Crippen LogP contribution in [0.15, 0.2) is 0 Å². The third-order valence-electron chi connectivity index (χ3n) is 2.74. The molecule has 0 aliphatic heterocycles. The maximum absolute atomic E-state index is 12.3. The summed E-state index contributed by atoms with van der Waals surface area (Å²) >= 11 is 0. The van der Waals surface area contributed by atoms with Gasteiger partial charge in [0.1, 0.15) is 0 Å². The second kappa shape index (κ2) is 7.54. The fourth-order valence-electron chi connectivity index (χ4n) is 1.72. The summed E-state index contributed by atoms with van der Waals surface area (Å²) in [5, 5.41) is 8.50. The summed E-state index contributed by atoms with van der Waals surface area (Å²) < 4.78 is 36.8. The van der Waals surface area contributed by atoms with Gasteiger partial charge in [-0.2, -0.15) is 0 Å². The van der Waals surface area contributed by atoms with Crippen molar-refractivity contribution in [3.8, 4) is 0 Å². The second-order valence-corrected chi connectivity index (χ2v) is 3.71. The first-order valence-electron chi connectivity index (χ1n) is 5.00. The van der Waals surface area contributed by atoms with Gasteiger partial charge in [0.25, 0.3) is 0 Å². The lowest BCUT2D eigenvalue weighted by atomic mass is 9.75. The molecule has 0 aliphatic rings. The molecule has 0 bridgehead atoms. The lowest BCUT2D eigenvalue weighted by Gasteiger charge is -2.30. The second-order valence-electron chi connectivity index (χ2n) is 3.71. The fourth-order valence-corrected chi connectivity index (χ4v) is 1.72. The van der Waals surface area contributed by atoms with Crippen LogP contribution in [0.4, 0.5) is 13.2 Å². The zero-order valence-electron chi connectivity index (χ0n) is 8.65. The maximum atomic E-state index is 12.3. The Balaban J connectivity index is 4.37. The van der Waals surface area contributed by atoms with Gasteiger partial charge in [0.2, 0.25) is 0 Å². The van der Waals surface area contributed by atoms with Crippen molar-refractivity contribution in [2.45, 2.75) is 32.1 Å². The molecule has 0 saturated carbocycles. The van der Waals surface area contributed by atoms with E-state index in [1.165, 1.54) is 0 Å². The first kappa shape index (κ1) is 14.3. The van der Waals surface area contributed by atoms with Crippen molar-refractivity contribution in [2.75, 3.05) is 20.0 Å². The largest absolute Gasteiger partial charge is 0.481 e. The summed E-state index contributed by atoms with van der Waals surface area (Å²) in [7, 11) is 0. The zero-order chi connectivity index (χ0) is 11.7. The molecule has 0 aromatic rings. The Hall–Kier alpha value is -0.740. The van der Waals surface area contributed by atoms with Gasteiger partial charge in [-0.05, 0) is 31.1 Å². The number of carboxylic acids is 1. The van der Waals surface area contributed by atoms with Crippen LogP contribution in [-0.4, -0.2) is 31.1 Å². The normalized spacial score (nSPS) is 11.7. The van der Waals surface area contributed by atoms with Crippen LogP contribution in [-0.2, 0) is 4.79 Å². The van der Waals surface area contributed by atoms with Gasteiger partial charge >= 0.3 is 5.97 Å². The lowest BCUT2D eigenvalue weighted by molar-refractivity contribution is -0.137. The van der Waals surface area contributed by atoms with E-state index in [-0.39, 0.29) is 32.1 Å². The van der Waals surface area contributed by atoms with Crippen molar-refractivity contribution in [1.29, 1.82) is 0 Å². The topological polar surface area (TPSA) is 37.3 Å². The Kier molecular flexibility index (Phi) is 7.17. The Morgan fingerprint density at radius 1 is 0.933 bits per heavy atom. The van der Waals surface area contributed by atoms with Crippen molar-refractivity contribution < 1.29 is 23.1 Å². The van der Waals surface area contributed by atoms with Crippen LogP contribution in [0.2, 0.25) is 0 Å². The van der Waals surface area contributed by atoms with Gasteiger partial charge in [-0.3, -0.25) is 18.0 Å². The van der Waals surface area contributed by atoms with Crippen LogP contribution in [0.1, 0.15) is 32.1 Å². The molecule has 0 amide bonds. The molecular weight excluding hydrogens is 209 g/mol. The van der Waals surface area contributed by atoms with Crippen LogP contribution >= 0.6 is 0 Å². The minimum atomic E-state index is -1.02.